The number of aryl methyl sites for hydroxylation is 1. The molecule has 0 radical (unpaired) electrons. The van der Waals surface area contributed by atoms with Gasteiger partial charge in [0.1, 0.15) is 0 Å². The lowest BCUT2D eigenvalue weighted by molar-refractivity contribution is 0.0953. The molecule has 1 amide bonds. The highest BCUT2D eigenvalue weighted by molar-refractivity contribution is 6.34. The molecule has 2 nitrogen and oxygen atoms in total. The molecule has 1 N–H and O–H groups in total. The number of nitrogens with one attached hydrogen (secondary N) is 1. The van der Waals surface area contributed by atoms with Crippen molar-refractivity contribution in [2.24, 2.45) is 0 Å². The summed E-state index contributed by atoms with van der Waals surface area (Å²) in [4.78, 5) is 11.8. The summed E-state index contributed by atoms with van der Waals surface area (Å²) in [5, 5.41) is 3.23. The molecule has 16 heavy (non-hydrogen) atoms. The monoisotopic (exact) mass is 259 g/mol. The number of benzene rings is 1. The maximum absolute atomic E-state index is 11.8. The Labute approximate surface area is 106 Å². The topological polar surface area (TPSA) is 29.1 Å². The Kier molecular flexibility index (Phi) is 5.10. The lowest BCUT2D eigenvalue weighted by Crippen LogP contribution is -2.29. The van der Waals surface area contributed by atoms with Crippen LogP contribution in [-0.2, 0) is 0 Å². The first kappa shape index (κ1) is 13.3. The normalized spacial score (nSPS) is 12.2. The van der Waals surface area contributed by atoms with Crippen molar-refractivity contribution in [3.63, 3.8) is 0 Å². The van der Waals surface area contributed by atoms with Gasteiger partial charge in [0.05, 0.1) is 16.0 Å². The SMILES string of the molecule is CCC(Cl)CNC(=O)c1cccc(C)c1Cl. The fourth-order valence-corrected chi connectivity index (χ4v) is 1.55. The molecule has 0 bridgehead atoms. The molecule has 1 unspecified atom stereocenters. The van der Waals surface area contributed by atoms with Crippen LogP contribution in [-0.4, -0.2) is 17.8 Å². The Hall–Kier alpha value is -0.730. The number of carbonyl (C=O) groups is 1. The van der Waals surface area contributed by atoms with E-state index in [1.165, 1.54) is 0 Å². The quantitative estimate of drug-likeness (QED) is 0.826. The van der Waals surface area contributed by atoms with Crippen LogP contribution in [0.3, 0.4) is 0 Å². The molecule has 88 valence electrons. The van der Waals surface area contributed by atoms with E-state index in [4.69, 9.17) is 23.2 Å². The molecule has 1 atom stereocenters. The van der Waals surface area contributed by atoms with Gasteiger partial charge in [-0.2, -0.15) is 0 Å². The number of hydrogen-bond acceptors (Lipinski definition) is 1. The van der Waals surface area contributed by atoms with E-state index < -0.39 is 0 Å². The van der Waals surface area contributed by atoms with Crippen molar-refractivity contribution in [1.29, 1.82) is 0 Å². The van der Waals surface area contributed by atoms with Gasteiger partial charge in [-0.15, -0.1) is 11.6 Å². The van der Waals surface area contributed by atoms with Gasteiger partial charge >= 0.3 is 0 Å². The summed E-state index contributed by atoms with van der Waals surface area (Å²) in [7, 11) is 0. The minimum Gasteiger partial charge on any atom is -0.351 e. The standard InChI is InChI=1S/C12H15Cl2NO/c1-3-9(13)7-15-12(16)10-6-4-5-8(2)11(10)14/h4-6,9H,3,7H2,1-2H3,(H,15,16). The second-order valence-corrected chi connectivity index (χ2v) is 4.65. The van der Waals surface area contributed by atoms with Crippen molar-refractivity contribution >= 4 is 29.1 Å². The number of halogens is 2. The van der Waals surface area contributed by atoms with Crippen molar-refractivity contribution < 1.29 is 4.79 Å². The smallest absolute Gasteiger partial charge is 0.252 e. The molecule has 0 aliphatic carbocycles. The molecular weight excluding hydrogens is 245 g/mol. The van der Waals surface area contributed by atoms with Crippen LogP contribution in [0.5, 0.6) is 0 Å². The molecule has 0 heterocycles. The second kappa shape index (κ2) is 6.12. The molecule has 1 aromatic rings. The van der Waals surface area contributed by atoms with Crippen LogP contribution >= 0.6 is 23.2 Å². The Morgan fingerprint density at radius 2 is 2.19 bits per heavy atom. The number of rotatable bonds is 4. The Morgan fingerprint density at radius 3 is 2.81 bits per heavy atom. The average molecular weight is 260 g/mol. The Balaban J connectivity index is 2.70. The van der Waals surface area contributed by atoms with Gasteiger partial charge in [0, 0.05) is 6.54 Å². The predicted octanol–water partition coefficient (Wildman–Crippen LogP) is 3.40. The zero-order valence-electron chi connectivity index (χ0n) is 9.39. The van der Waals surface area contributed by atoms with E-state index in [0.29, 0.717) is 17.1 Å². The summed E-state index contributed by atoms with van der Waals surface area (Å²) in [5.41, 5.74) is 1.40. The summed E-state index contributed by atoms with van der Waals surface area (Å²) in [6.45, 7) is 4.31. The van der Waals surface area contributed by atoms with Crippen LogP contribution in [0.15, 0.2) is 18.2 Å². The van der Waals surface area contributed by atoms with E-state index in [1.54, 1.807) is 6.07 Å². The Bertz CT molecular complexity index is 379. The van der Waals surface area contributed by atoms with Gasteiger partial charge in [0.2, 0.25) is 0 Å². The van der Waals surface area contributed by atoms with Crippen LogP contribution in [0.2, 0.25) is 5.02 Å². The molecule has 0 aliphatic heterocycles. The van der Waals surface area contributed by atoms with Gasteiger partial charge in [0.25, 0.3) is 5.91 Å². The molecule has 0 spiro atoms. The van der Waals surface area contributed by atoms with Crippen molar-refractivity contribution in [3.05, 3.63) is 34.3 Å². The van der Waals surface area contributed by atoms with Crippen LogP contribution < -0.4 is 5.32 Å². The zero-order chi connectivity index (χ0) is 12.1. The van der Waals surface area contributed by atoms with Crippen LogP contribution in [0.1, 0.15) is 29.3 Å². The van der Waals surface area contributed by atoms with Crippen LogP contribution in [0, 0.1) is 6.92 Å². The summed E-state index contributed by atoms with van der Waals surface area (Å²) < 4.78 is 0. The van der Waals surface area contributed by atoms with Crippen LogP contribution in [0.4, 0.5) is 0 Å². The molecule has 0 saturated carbocycles. The fourth-order valence-electron chi connectivity index (χ4n) is 1.27. The third kappa shape index (κ3) is 3.39. The number of hydrogen-bond donors (Lipinski definition) is 1. The highest BCUT2D eigenvalue weighted by atomic mass is 35.5. The van der Waals surface area contributed by atoms with Crippen molar-refractivity contribution in [1.82, 2.24) is 5.32 Å². The molecule has 0 aromatic heterocycles. The minimum absolute atomic E-state index is 0.0347. The van der Waals surface area contributed by atoms with Crippen LogP contribution in [0.25, 0.3) is 0 Å². The van der Waals surface area contributed by atoms with Gasteiger partial charge in [-0.1, -0.05) is 30.7 Å². The van der Waals surface area contributed by atoms with Crippen molar-refractivity contribution in [2.75, 3.05) is 6.54 Å². The maximum atomic E-state index is 11.8. The van der Waals surface area contributed by atoms with E-state index in [9.17, 15) is 4.79 Å². The number of amides is 1. The summed E-state index contributed by atoms with van der Waals surface area (Å²) in [6.07, 6.45) is 0.823. The molecule has 0 fully saturated rings. The number of alkyl halides is 1. The van der Waals surface area contributed by atoms with E-state index in [2.05, 4.69) is 5.32 Å². The largest absolute Gasteiger partial charge is 0.351 e. The summed E-state index contributed by atoms with van der Waals surface area (Å²) in [5.74, 6) is -0.173. The minimum atomic E-state index is -0.173. The van der Waals surface area contributed by atoms with Gasteiger partial charge in [-0.05, 0) is 25.0 Å². The first-order valence-corrected chi connectivity index (χ1v) is 6.05. The zero-order valence-corrected chi connectivity index (χ0v) is 10.9. The molecule has 4 heteroatoms. The highest BCUT2D eigenvalue weighted by Crippen LogP contribution is 2.20. The van der Waals surface area contributed by atoms with Crippen molar-refractivity contribution in [3.8, 4) is 0 Å². The van der Waals surface area contributed by atoms with Gasteiger partial charge < -0.3 is 5.32 Å². The third-order valence-corrected chi connectivity index (χ3v) is 3.33. The molecule has 1 rings (SSSR count). The third-order valence-electron chi connectivity index (χ3n) is 2.36. The highest BCUT2D eigenvalue weighted by Gasteiger charge is 2.12. The fraction of sp³-hybridized carbons (Fsp3) is 0.417. The summed E-state index contributed by atoms with van der Waals surface area (Å²) >= 11 is 12.0. The Morgan fingerprint density at radius 1 is 1.50 bits per heavy atom. The lowest BCUT2D eigenvalue weighted by atomic mass is 10.1. The molecule has 0 aliphatic rings. The summed E-state index contributed by atoms with van der Waals surface area (Å²) in [6, 6.07) is 5.39. The average Bonchev–Trinajstić information content (AvgIpc) is 2.29. The van der Waals surface area contributed by atoms with Crippen molar-refractivity contribution in [2.45, 2.75) is 25.6 Å². The number of carbonyl (C=O) groups excluding carboxylic acids is 1. The molecular formula is C12H15Cl2NO. The molecule has 0 saturated heterocycles. The van der Waals surface area contributed by atoms with E-state index in [-0.39, 0.29) is 11.3 Å². The van der Waals surface area contributed by atoms with Gasteiger partial charge in [-0.3, -0.25) is 4.79 Å². The first-order chi connectivity index (χ1) is 7.56. The second-order valence-electron chi connectivity index (χ2n) is 3.65. The van der Waals surface area contributed by atoms with Gasteiger partial charge in [0.15, 0.2) is 0 Å². The predicted molar refractivity (Wildman–Crippen MR) is 68.5 cm³/mol. The van der Waals surface area contributed by atoms with E-state index in [0.717, 1.165) is 12.0 Å². The van der Waals surface area contributed by atoms with Gasteiger partial charge in [-0.25, -0.2) is 0 Å². The first-order valence-electron chi connectivity index (χ1n) is 5.23. The van der Waals surface area contributed by atoms with E-state index >= 15 is 0 Å². The maximum Gasteiger partial charge on any atom is 0.252 e. The van der Waals surface area contributed by atoms with E-state index in [1.807, 2.05) is 26.0 Å². The molecule has 1 aromatic carbocycles. The lowest BCUT2D eigenvalue weighted by Gasteiger charge is -2.10.